The number of amides is 2. The number of nitrogens with zero attached hydrogens (tertiary/aromatic N) is 2. The van der Waals surface area contributed by atoms with Gasteiger partial charge in [0.15, 0.2) is 0 Å². The topological polar surface area (TPSA) is 86.8 Å². The zero-order chi connectivity index (χ0) is 26.6. The van der Waals surface area contributed by atoms with Crippen molar-refractivity contribution in [3.63, 3.8) is 0 Å². The monoisotopic (exact) mass is 553 g/mol. The van der Waals surface area contributed by atoms with Gasteiger partial charge in [-0.05, 0) is 56.9 Å². The number of anilines is 1. The van der Waals surface area contributed by atoms with Gasteiger partial charge in [-0.15, -0.1) is 0 Å². The first-order valence-corrected chi connectivity index (χ1v) is 14.6. The van der Waals surface area contributed by atoms with Crippen molar-refractivity contribution in [2.75, 3.05) is 17.1 Å². The number of benzene rings is 2. The average molecular weight is 555 g/mol. The fourth-order valence-electron chi connectivity index (χ4n) is 4.60. The normalized spacial score (nSPS) is 14.9. The van der Waals surface area contributed by atoms with Crippen molar-refractivity contribution in [3.8, 4) is 0 Å². The predicted octanol–water partition coefficient (Wildman–Crippen LogP) is 4.85. The first-order chi connectivity index (χ1) is 16.9. The minimum Gasteiger partial charge on any atom is -0.352 e. The molecule has 2 aromatic rings. The lowest BCUT2D eigenvalue weighted by molar-refractivity contribution is -0.139. The minimum atomic E-state index is -3.81. The summed E-state index contributed by atoms with van der Waals surface area (Å²) in [6, 6.07) is 9.64. The lowest BCUT2D eigenvalue weighted by Crippen LogP contribution is -2.52. The summed E-state index contributed by atoms with van der Waals surface area (Å²) in [4.78, 5) is 28.3. The second kappa shape index (κ2) is 11.8. The summed E-state index contributed by atoms with van der Waals surface area (Å²) in [6.07, 6.45) is 4.97. The number of sulfonamides is 1. The summed E-state index contributed by atoms with van der Waals surface area (Å²) < 4.78 is 26.8. The van der Waals surface area contributed by atoms with Crippen molar-refractivity contribution in [1.82, 2.24) is 10.2 Å². The standard InChI is InChI=1S/C26H33Cl2N3O4S/c1-17-9-7-10-18(2)25(17)31(36(4,34)35)16-24(32)30(15-21-22(27)13-8-14-23(21)28)19(3)26(33)29-20-11-5-6-12-20/h7-10,13-14,19-20H,5-6,11-12,15-16H2,1-4H3,(H,29,33). The Bertz CT molecular complexity index is 1190. The first-order valence-electron chi connectivity index (χ1n) is 12.0. The van der Waals surface area contributed by atoms with Crippen molar-refractivity contribution in [2.45, 2.75) is 65.1 Å². The van der Waals surface area contributed by atoms with Gasteiger partial charge < -0.3 is 10.2 Å². The molecule has 10 heteroatoms. The van der Waals surface area contributed by atoms with Crippen molar-refractivity contribution >= 4 is 50.7 Å². The van der Waals surface area contributed by atoms with Crippen molar-refractivity contribution in [1.29, 1.82) is 0 Å². The van der Waals surface area contributed by atoms with Gasteiger partial charge in [0.2, 0.25) is 21.8 Å². The van der Waals surface area contributed by atoms with Crippen LogP contribution in [0.4, 0.5) is 5.69 Å². The van der Waals surface area contributed by atoms with Crippen LogP contribution in [0.25, 0.3) is 0 Å². The number of hydrogen-bond donors (Lipinski definition) is 1. The number of aryl methyl sites for hydroxylation is 2. The van der Waals surface area contributed by atoms with Crippen molar-refractivity contribution in [3.05, 3.63) is 63.1 Å². The predicted molar refractivity (Wildman–Crippen MR) is 145 cm³/mol. The zero-order valence-electron chi connectivity index (χ0n) is 21.1. The van der Waals surface area contributed by atoms with E-state index in [1.165, 1.54) is 4.90 Å². The molecule has 0 aliphatic heterocycles. The average Bonchev–Trinajstić information content (AvgIpc) is 3.30. The summed E-state index contributed by atoms with van der Waals surface area (Å²) in [6.45, 7) is 4.72. The van der Waals surface area contributed by atoms with E-state index < -0.39 is 28.5 Å². The van der Waals surface area contributed by atoms with Crippen LogP contribution in [-0.2, 0) is 26.2 Å². The smallest absolute Gasteiger partial charge is 0.244 e. The van der Waals surface area contributed by atoms with Gasteiger partial charge in [0.1, 0.15) is 12.6 Å². The highest BCUT2D eigenvalue weighted by Crippen LogP contribution is 2.29. The van der Waals surface area contributed by atoms with Crippen molar-refractivity contribution < 1.29 is 18.0 Å². The molecule has 1 atom stereocenters. The van der Waals surface area contributed by atoms with Gasteiger partial charge in [-0.1, -0.05) is 60.3 Å². The molecule has 1 N–H and O–H groups in total. The number of halogens is 2. The molecule has 0 aromatic heterocycles. The van der Waals surface area contributed by atoms with Crippen LogP contribution >= 0.6 is 23.2 Å². The van der Waals surface area contributed by atoms with Crippen LogP contribution in [0.2, 0.25) is 10.0 Å². The second-order valence-corrected chi connectivity index (χ2v) is 12.1. The highest BCUT2D eigenvalue weighted by Gasteiger charge is 2.32. The third-order valence-corrected chi connectivity index (χ3v) is 8.45. The van der Waals surface area contributed by atoms with Gasteiger partial charge in [0.25, 0.3) is 0 Å². The summed E-state index contributed by atoms with van der Waals surface area (Å²) >= 11 is 12.8. The lowest BCUT2D eigenvalue weighted by atomic mass is 10.1. The molecule has 1 unspecified atom stereocenters. The van der Waals surface area contributed by atoms with Gasteiger partial charge in [-0.3, -0.25) is 13.9 Å². The number of carbonyl (C=O) groups excluding carboxylic acids is 2. The molecule has 1 aliphatic rings. The Morgan fingerprint density at radius 3 is 2.08 bits per heavy atom. The van der Waals surface area contributed by atoms with Crippen LogP contribution < -0.4 is 9.62 Å². The van der Waals surface area contributed by atoms with E-state index >= 15 is 0 Å². The summed E-state index contributed by atoms with van der Waals surface area (Å²) in [5.41, 5.74) is 2.39. The van der Waals surface area contributed by atoms with E-state index in [4.69, 9.17) is 23.2 Å². The maximum absolute atomic E-state index is 13.8. The van der Waals surface area contributed by atoms with Gasteiger partial charge >= 0.3 is 0 Å². The van der Waals surface area contributed by atoms with Crippen LogP contribution in [0, 0.1) is 13.8 Å². The van der Waals surface area contributed by atoms with Crippen LogP contribution in [0.1, 0.15) is 49.3 Å². The van der Waals surface area contributed by atoms with Crippen LogP contribution in [0.15, 0.2) is 36.4 Å². The number of nitrogens with one attached hydrogen (secondary N) is 1. The molecule has 1 fully saturated rings. The van der Waals surface area contributed by atoms with Crippen LogP contribution in [0.5, 0.6) is 0 Å². The molecule has 0 heterocycles. The van der Waals surface area contributed by atoms with E-state index in [1.807, 2.05) is 6.07 Å². The molecule has 2 aromatic carbocycles. The molecule has 0 bridgehead atoms. The highest BCUT2D eigenvalue weighted by atomic mass is 35.5. The SMILES string of the molecule is Cc1cccc(C)c1N(CC(=O)N(Cc1c(Cl)cccc1Cl)C(C)C(=O)NC1CCCC1)S(C)(=O)=O. The number of carbonyl (C=O) groups is 2. The third-order valence-electron chi connectivity index (χ3n) is 6.63. The molecule has 2 amide bonds. The third kappa shape index (κ3) is 6.72. The fourth-order valence-corrected chi connectivity index (χ4v) is 6.08. The molecule has 0 radical (unpaired) electrons. The van der Waals surface area contributed by atoms with E-state index in [1.54, 1.807) is 51.1 Å². The van der Waals surface area contributed by atoms with E-state index in [-0.39, 0.29) is 18.5 Å². The van der Waals surface area contributed by atoms with Gasteiger partial charge in [0.05, 0.1) is 11.9 Å². The van der Waals surface area contributed by atoms with E-state index in [9.17, 15) is 18.0 Å². The largest absolute Gasteiger partial charge is 0.352 e. The van der Waals surface area contributed by atoms with Gasteiger partial charge in [-0.25, -0.2) is 8.42 Å². The molecule has 0 saturated heterocycles. The van der Waals surface area contributed by atoms with Gasteiger partial charge in [-0.2, -0.15) is 0 Å². The Labute approximate surface area is 223 Å². The molecule has 196 valence electrons. The number of para-hydroxylation sites is 1. The molecule has 3 rings (SSSR count). The molecule has 1 saturated carbocycles. The first kappa shape index (κ1) is 28.3. The Balaban J connectivity index is 1.97. The summed E-state index contributed by atoms with van der Waals surface area (Å²) in [7, 11) is -3.81. The maximum atomic E-state index is 13.8. The Morgan fingerprint density at radius 2 is 1.56 bits per heavy atom. The van der Waals surface area contributed by atoms with Crippen LogP contribution in [0.3, 0.4) is 0 Å². The number of rotatable bonds is 9. The van der Waals surface area contributed by atoms with E-state index in [0.29, 0.717) is 21.3 Å². The quantitative estimate of drug-likeness (QED) is 0.480. The molecule has 36 heavy (non-hydrogen) atoms. The second-order valence-electron chi connectivity index (χ2n) is 9.40. The Kier molecular flexibility index (Phi) is 9.30. The van der Waals surface area contributed by atoms with E-state index in [2.05, 4.69) is 5.32 Å². The number of hydrogen-bond acceptors (Lipinski definition) is 4. The maximum Gasteiger partial charge on any atom is 0.244 e. The molecule has 1 aliphatic carbocycles. The Hall–Kier alpha value is -2.29. The lowest BCUT2D eigenvalue weighted by Gasteiger charge is -2.33. The highest BCUT2D eigenvalue weighted by molar-refractivity contribution is 7.92. The molecular weight excluding hydrogens is 521 g/mol. The van der Waals surface area contributed by atoms with Gasteiger partial charge in [0, 0.05) is 28.2 Å². The Morgan fingerprint density at radius 1 is 1.03 bits per heavy atom. The molecule has 0 spiro atoms. The molecule has 7 nitrogen and oxygen atoms in total. The minimum absolute atomic E-state index is 0.0407. The van der Waals surface area contributed by atoms with Crippen molar-refractivity contribution in [2.24, 2.45) is 0 Å². The summed E-state index contributed by atoms with van der Waals surface area (Å²) in [5.74, 6) is -0.829. The zero-order valence-corrected chi connectivity index (χ0v) is 23.4. The van der Waals surface area contributed by atoms with Crippen LogP contribution in [-0.4, -0.2) is 50.0 Å². The molecular formula is C26H33Cl2N3O4S. The fraction of sp³-hybridized carbons (Fsp3) is 0.462. The summed E-state index contributed by atoms with van der Waals surface area (Å²) in [5, 5.41) is 3.75. The van der Waals surface area contributed by atoms with E-state index in [0.717, 1.165) is 47.4 Å².